The molecule has 146 valence electrons. The Morgan fingerprint density at radius 2 is 1.81 bits per heavy atom. The number of rotatable bonds is 6. The number of aromatic nitrogens is 4. The van der Waals surface area contributed by atoms with Crippen LogP contribution in [-0.4, -0.2) is 43.0 Å². The van der Waals surface area contributed by atoms with Crippen LogP contribution in [0.25, 0.3) is 0 Å². The first-order chi connectivity index (χ1) is 12.6. The van der Waals surface area contributed by atoms with Gasteiger partial charge in [-0.1, -0.05) is 30.3 Å². The average molecular weight is 372 g/mol. The Hall–Kier alpha value is -2.77. The van der Waals surface area contributed by atoms with Gasteiger partial charge in [0.1, 0.15) is 0 Å². The molecule has 0 aliphatic heterocycles. The highest BCUT2D eigenvalue weighted by molar-refractivity contribution is 5.87. The minimum atomic E-state index is -0.916. The van der Waals surface area contributed by atoms with Gasteiger partial charge in [0.2, 0.25) is 5.91 Å². The van der Waals surface area contributed by atoms with E-state index in [0.29, 0.717) is 12.4 Å². The predicted octanol–water partition coefficient (Wildman–Crippen LogP) is 2.04. The smallest absolute Gasteiger partial charge is 0.251 e. The zero-order valence-electron chi connectivity index (χ0n) is 16.8. The van der Waals surface area contributed by atoms with Gasteiger partial charge in [-0.2, -0.15) is 0 Å². The van der Waals surface area contributed by atoms with Crippen LogP contribution >= 0.6 is 0 Å². The Labute approximate surface area is 159 Å². The molecule has 0 fully saturated rings. The van der Waals surface area contributed by atoms with Gasteiger partial charge < -0.3 is 10.2 Å². The van der Waals surface area contributed by atoms with E-state index in [1.54, 1.807) is 4.68 Å². The van der Waals surface area contributed by atoms with Gasteiger partial charge in [0.15, 0.2) is 11.9 Å². The summed E-state index contributed by atoms with van der Waals surface area (Å²) in [5.74, 6) is -0.187. The Bertz CT molecular complexity index is 779. The maximum absolute atomic E-state index is 13.1. The lowest BCUT2D eigenvalue weighted by atomic mass is 10.1. The van der Waals surface area contributed by atoms with Crippen molar-refractivity contribution in [3.8, 4) is 0 Å². The van der Waals surface area contributed by atoms with E-state index in [1.807, 2.05) is 65.0 Å². The van der Waals surface area contributed by atoms with Gasteiger partial charge in [0, 0.05) is 19.5 Å². The number of nitrogens with one attached hydrogen (secondary N) is 1. The predicted molar refractivity (Wildman–Crippen MR) is 101 cm³/mol. The van der Waals surface area contributed by atoms with Gasteiger partial charge in [0.25, 0.3) is 5.91 Å². The molecule has 0 spiro atoms. The molecular formula is C19H28N6O2. The number of amides is 2. The fourth-order valence-electron chi connectivity index (χ4n) is 2.94. The topological polar surface area (TPSA) is 93.0 Å². The van der Waals surface area contributed by atoms with Crippen LogP contribution in [0, 0.1) is 0 Å². The van der Waals surface area contributed by atoms with Gasteiger partial charge in [0.05, 0.1) is 5.54 Å². The SMILES string of the molecule is CC(=O)N(C(C)C)C(C(=O)NCc1ccccc1)c1nnnn1C(C)(C)C. The summed E-state index contributed by atoms with van der Waals surface area (Å²) in [6, 6.07) is 8.49. The molecule has 0 aliphatic carbocycles. The second-order valence-corrected chi connectivity index (χ2v) is 7.75. The summed E-state index contributed by atoms with van der Waals surface area (Å²) in [5, 5.41) is 14.8. The monoisotopic (exact) mass is 372 g/mol. The quantitative estimate of drug-likeness (QED) is 0.838. The van der Waals surface area contributed by atoms with E-state index >= 15 is 0 Å². The molecule has 27 heavy (non-hydrogen) atoms. The standard InChI is InChI=1S/C19H28N6O2/c1-13(2)24(14(3)26)16(17-21-22-23-25(17)19(4,5)6)18(27)20-12-15-10-8-7-9-11-15/h7-11,13,16H,12H2,1-6H3,(H,20,27). The molecule has 8 heteroatoms. The van der Waals surface area contributed by atoms with Crippen molar-refractivity contribution in [2.45, 2.75) is 65.7 Å². The Morgan fingerprint density at radius 1 is 1.19 bits per heavy atom. The molecule has 0 bridgehead atoms. The number of tetrazole rings is 1. The minimum absolute atomic E-state index is 0.194. The van der Waals surface area contributed by atoms with E-state index in [4.69, 9.17) is 0 Å². The lowest BCUT2D eigenvalue weighted by Crippen LogP contribution is -2.48. The highest BCUT2D eigenvalue weighted by Crippen LogP contribution is 2.25. The van der Waals surface area contributed by atoms with Crippen LogP contribution in [0.1, 0.15) is 59.0 Å². The first kappa shape index (κ1) is 20.5. The maximum Gasteiger partial charge on any atom is 0.251 e. The van der Waals surface area contributed by atoms with Crippen molar-refractivity contribution in [2.24, 2.45) is 0 Å². The van der Waals surface area contributed by atoms with Gasteiger partial charge >= 0.3 is 0 Å². The van der Waals surface area contributed by atoms with Gasteiger partial charge in [-0.15, -0.1) is 5.10 Å². The fourth-order valence-corrected chi connectivity index (χ4v) is 2.94. The zero-order valence-corrected chi connectivity index (χ0v) is 16.8. The van der Waals surface area contributed by atoms with Gasteiger partial charge in [-0.25, -0.2) is 4.68 Å². The summed E-state index contributed by atoms with van der Waals surface area (Å²) < 4.78 is 1.60. The van der Waals surface area contributed by atoms with Gasteiger partial charge in [-0.3, -0.25) is 9.59 Å². The second-order valence-electron chi connectivity index (χ2n) is 7.75. The third-order valence-corrected chi connectivity index (χ3v) is 4.13. The number of hydrogen-bond acceptors (Lipinski definition) is 5. The van der Waals surface area contributed by atoms with Crippen LogP contribution in [-0.2, 0) is 21.7 Å². The van der Waals surface area contributed by atoms with Crippen molar-refractivity contribution in [3.63, 3.8) is 0 Å². The molecular weight excluding hydrogens is 344 g/mol. The van der Waals surface area contributed by atoms with Crippen molar-refractivity contribution < 1.29 is 9.59 Å². The number of benzene rings is 1. The maximum atomic E-state index is 13.1. The number of nitrogens with zero attached hydrogens (tertiary/aromatic N) is 5. The minimum Gasteiger partial charge on any atom is -0.350 e. The van der Waals surface area contributed by atoms with E-state index < -0.39 is 11.6 Å². The van der Waals surface area contributed by atoms with Crippen LogP contribution in [0.4, 0.5) is 0 Å². The number of carbonyl (C=O) groups is 2. The molecule has 0 radical (unpaired) electrons. The van der Waals surface area contributed by atoms with Crippen LogP contribution in [0.3, 0.4) is 0 Å². The molecule has 0 saturated heterocycles. The van der Waals surface area contributed by atoms with Crippen LogP contribution in [0.15, 0.2) is 30.3 Å². The summed E-state index contributed by atoms with van der Waals surface area (Å²) in [6.07, 6.45) is 0. The molecule has 1 atom stereocenters. The molecule has 8 nitrogen and oxygen atoms in total. The van der Waals surface area contributed by atoms with Crippen molar-refractivity contribution in [1.29, 1.82) is 0 Å². The summed E-state index contributed by atoms with van der Waals surface area (Å²) >= 11 is 0. The van der Waals surface area contributed by atoms with Crippen molar-refractivity contribution in [3.05, 3.63) is 41.7 Å². The van der Waals surface area contributed by atoms with Crippen LogP contribution < -0.4 is 5.32 Å². The highest BCUT2D eigenvalue weighted by Gasteiger charge is 2.37. The van der Waals surface area contributed by atoms with Crippen LogP contribution in [0.2, 0.25) is 0 Å². The van der Waals surface area contributed by atoms with Crippen molar-refractivity contribution in [2.75, 3.05) is 0 Å². The third kappa shape index (κ3) is 4.90. The third-order valence-electron chi connectivity index (χ3n) is 4.13. The molecule has 2 rings (SSSR count). The average Bonchev–Trinajstić information content (AvgIpc) is 3.07. The molecule has 2 aromatic rings. The van der Waals surface area contributed by atoms with E-state index in [1.165, 1.54) is 11.8 Å². The molecule has 1 heterocycles. The lowest BCUT2D eigenvalue weighted by Gasteiger charge is -2.34. The summed E-state index contributed by atoms with van der Waals surface area (Å²) in [6.45, 7) is 11.4. The molecule has 1 unspecified atom stereocenters. The second kappa shape index (κ2) is 8.28. The normalized spacial score (nSPS) is 12.7. The molecule has 0 saturated carbocycles. The van der Waals surface area contributed by atoms with Crippen molar-refractivity contribution in [1.82, 2.24) is 30.4 Å². The molecule has 0 aliphatic rings. The first-order valence-electron chi connectivity index (χ1n) is 9.02. The van der Waals surface area contributed by atoms with Gasteiger partial charge in [-0.05, 0) is 50.6 Å². The Balaban J connectivity index is 2.40. The van der Waals surface area contributed by atoms with E-state index in [9.17, 15) is 9.59 Å². The first-order valence-corrected chi connectivity index (χ1v) is 9.02. The Kier molecular flexibility index (Phi) is 6.30. The molecule has 2 amide bonds. The van der Waals surface area contributed by atoms with Crippen LogP contribution in [0.5, 0.6) is 0 Å². The largest absolute Gasteiger partial charge is 0.350 e. The van der Waals surface area contributed by atoms with Crippen molar-refractivity contribution >= 4 is 11.8 Å². The highest BCUT2D eigenvalue weighted by atomic mass is 16.2. The molecule has 1 aromatic carbocycles. The summed E-state index contributed by atoms with van der Waals surface area (Å²) in [7, 11) is 0. The number of hydrogen-bond donors (Lipinski definition) is 1. The fraction of sp³-hybridized carbons (Fsp3) is 0.526. The van der Waals surface area contributed by atoms with E-state index in [0.717, 1.165) is 5.56 Å². The van der Waals surface area contributed by atoms with E-state index in [2.05, 4.69) is 20.8 Å². The Morgan fingerprint density at radius 3 is 2.33 bits per heavy atom. The molecule has 1 aromatic heterocycles. The summed E-state index contributed by atoms with van der Waals surface area (Å²) in [5.41, 5.74) is 0.537. The number of carbonyl (C=O) groups excluding carboxylic acids is 2. The molecule has 1 N–H and O–H groups in total. The zero-order chi connectivity index (χ0) is 20.2. The summed E-state index contributed by atoms with van der Waals surface area (Å²) in [4.78, 5) is 27.0. The van der Waals surface area contributed by atoms with E-state index in [-0.39, 0.29) is 17.9 Å². The lowest BCUT2D eigenvalue weighted by molar-refractivity contribution is -0.141.